The Labute approximate surface area is 188 Å². The van der Waals surface area contributed by atoms with Crippen LogP contribution in [0.2, 0.25) is 0 Å². The van der Waals surface area contributed by atoms with E-state index in [1.54, 1.807) is 12.1 Å². The number of carbonyl (C=O) groups excluding carboxylic acids is 1. The molecule has 1 aromatic carbocycles. The highest BCUT2D eigenvalue weighted by Crippen LogP contribution is 2.34. The third-order valence-corrected chi connectivity index (χ3v) is 6.20. The van der Waals surface area contributed by atoms with Gasteiger partial charge in [-0.15, -0.1) is 0 Å². The number of amides is 1. The summed E-state index contributed by atoms with van der Waals surface area (Å²) in [6.07, 6.45) is 1.49. The average molecular weight is 459 g/mol. The van der Waals surface area contributed by atoms with Crippen molar-refractivity contribution in [2.45, 2.75) is 32.6 Å². The van der Waals surface area contributed by atoms with Gasteiger partial charge < -0.3 is 14.1 Å². The molecule has 2 aliphatic rings. The minimum Gasteiger partial charge on any atom is -0.420 e. The number of nitrogens with zero attached hydrogens (tertiary/aromatic N) is 4. The largest absolute Gasteiger partial charge is 0.420 e. The van der Waals surface area contributed by atoms with Crippen molar-refractivity contribution < 1.29 is 18.3 Å². The lowest BCUT2D eigenvalue weighted by Crippen LogP contribution is -2.45. The number of halogens is 1. The van der Waals surface area contributed by atoms with Crippen LogP contribution in [0, 0.1) is 17.1 Å². The van der Waals surface area contributed by atoms with Gasteiger partial charge >= 0.3 is 0 Å². The molecular weight excluding hydrogens is 439 g/mol. The van der Waals surface area contributed by atoms with E-state index < -0.39 is 0 Å². The van der Waals surface area contributed by atoms with Crippen LogP contribution in [0.25, 0.3) is 6.08 Å². The van der Waals surface area contributed by atoms with Gasteiger partial charge in [0.1, 0.15) is 16.2 Å². The molecule has 0 N–H and O–H groups in total. The first kappa shape index (κ1) is 21.5. The van der Waals surface area contributed by atoms with E-state index in [-0.39, 0.29) is 42.1 Å². The molecule has 2 fully saturated rings. The molecule has 3 heterocycles. The molecule has 0 unspecified atom stereocenters. The SMILES string of the molecule is C[C@@H]1CN(c2oc(/C=C3/SC(=S)N(Cc4ccc(F)cc4)C3=O)nc2C#N)C[C@@H](C)O1. The van der Waals surface area contributed by atoms with Gasteiger partial charge in [0.25, 0.3) is 5.91 Å². The molecule has 160 valence electrons. The van der Waals surface area contributed by atoms with Gasteiger partial charge in [0, 0.05) is 19.2 Å². The number of anilines is 1. The summed E-state index contributed by atoms with van der Waals surface area (Å²) in [5.41, 5.74) is 0.925. The Morgan fingerprint density at radius 2 is 2.00 bits per heavy atom. The lowest BCUT2D eigenvalue weighted by molar-refractivity contribution is -0.122. The van der Waals surface area contributed by atoms with E-state index in [1.807, 2.05) is 18.7 Å². The fraction of sp³-hybridized carbons (Fsp3) is 0.333. The number of carbonyl (C=O) groups is 1. The highest BCUT2D eigenvalue weighted by molar-refractivity contribution is 8.26. The van der Waals surface area contributed by atoms with Crippen molar-refractivity contribution in [2.24, 2.45) is 0 Å². The van der Waals surface area contributed by atoms with Crippen LogP contribution < -0.4 is 4.90 Å². The first-order valence-corrected chi connectivity index (χ1v) is 10.9. The summed E-state index contributed by atoms with van der Waals surface area (Å²) in [6, 6.07) is 7.97. The predicted octanol–water partition coefficient (Wildman–Crippen LogP) is 3.70. The van der Waals surface area contributed by atoms with Crippen molar-refractivity contribution in [3.63, 3.8) is 0 Å². The zero-order chi connectivity index (χ0) is 22.1. The van der Waals surface area contributed by atoms with Crippen LogP contribution in [-0.4, -0.2) is 45.4 Å². The molecule has 10 heteroatoms. The summed E-state index contributed by atoms with van der Waals surface area (Å²) in [7, 11) is 0. The molecule has 4 rings (SSSR count). The molecule has 0 saturated carbocycles. The molecule has 0 aliphatic carbocycles. The van der Waals surface area contributed by atoms with Crippen LogP contribution in [0.15, 0.2) is 33.6 Å². The molecule has 0 bridgehead atoms. The Morgan fingerprint density at radius 3 is 2.65 bits per heavy atom. The molecule has 2 saturated heterocycles. The third-order valence-electron chi connectivity index (χ3n) is 4.82. The number of morpholine rings is 1. The second-order valence-corrected chi connectivity index (χ2v) is 9.05. The highest BCUT2D eigenvalue weighted by atomic mass is 32.2. The fourth-order valence-electron chi connectivity index (χ4n) is 3.54. The molecule has 0 radical (unpaired) electrons. The summed E-state index contributed by atoms with van der Waals surface area (Å²) in [4.78, 5) is 20.8. The number of thiocarbonyl (C=S) groups is 1. The average Bonchev–Trinajstić information content (AvgIpc) is 3.25. The Hall–Kier alpha value is -2.74. The van der Waals surface area contributed by atoms with Crippen LogP contribution in [0.4, 0.5) is 10.3 Å². The number of aromatic nitrogens is 1. The lowest BCUT2D eigenvalue weighted by Gasteiger charge is -2.34. The maximum absolute atomic E-state index is 13.1. The second kappa shape index (κ2) is 8.78. The van der Waals surface area contributed by atoms with Gasteiger partial charge in [-0.1, -0.05) is 36.1 Å². The monoisotopic (exact) mass is 458 g/mol. The smallest absolute Gasteiger partial charge is 0.266 e. The van der Waals surface area contributed by atoms with Crippen molar-refractivity contribution in [3.8, 4) is 6.07 Å². The Morgan fingerprint density at radius 1 is 1.32 bits per heavy atom. The first-order valence-electron chi connectivity index (χ1n) is 9.65. The van der Waals surface area contributed by atoms with E-state index >= 15 is 0 Å². The van der Waals surface area contributed by atoms with Crippen molar-refractivity contribution in [2.75, 3.05) is 18.0 Å². The van der Waals surface area contributed by atoms with Crippen molar-refractivity contribution >= 4 is 46.2 Å². The Bertz CT molecular complexity index is 1080. The third kappa shape index (κ3) is 4.63. The summed E-state index contributed by atoms with van der Waals surface area (Å²) >= 11 is 6.48. The number of oxazole rings is 1. The van der Waals surface area contributed by atoms with Crippen molar-refractivity contribution in [1.82, 2.24) is 9.88 Å². The molecular formula is C21H19FN4O3S2. The lowest BCUT2D eigenvalue weighted by atomic mass is 10.2. The Kier molecular flexibility index (Phi) is 6.09. The van der Waals surface area contributed by atoms with Crippen LogP contribution in [0.1, 0.15) is 31.0 Å². The number of ether oxygens (including phenoxy) is 1. The second-order valence-electron chi connectivity index (χ2n) is 7.37. The molecule has 1 amide bonds. The number of hydrogen-bond donors (Lipinski definition) is 0. The molecule has 0 spiro atoms. The summed E-state index contributed by atoms with van der Waals surface area (Å²) < 4.78 is 25.1. The number of thioether (sulfide) groups is 1. The molecule has 2 aromatic rings. The number of nitriles is 1. The zero-order valence-electron chi connectivity index (χ0n) is 16.9. The van der Waals surface area contributed by atoms with Gasteiger partial charge in [0.15, 0.2) is 0 Å². The standard InChI is InChI=1S/C21H19FN4O3S2/c1-12-9-25(10-13(2)28-12)20-16(8-23)24-18(29-20)7-17-19(27)26(21(30)31-17)11-14-3-5-15(22)6-4-14/h3-7,12-13H,9-11H2,1-2H3/b17-7+/t12-,13-/m1/s1. The maximum atomic E-state index is 13.1. The summed E-state index contributed by atoms with van der Waals surface area (Å²) in [6.45, 7) is 5.31. The normalized spacial score (nSPS) is 23.0. The minimum atomic E-state index is -0.342. The molecule has 2 aliphatic heterocycles. The van der Waals surface area contributed by atoms with Crippen molar-refractivity contribution in [3.05, 3.63) is 52.1 Å². The number of rotatable bonds is 4. The predicted molar refractivity (Wildman–Crippen MR) is 119 cm³/mol. The van der Waals surface area contributed by atoms with Gasteiger partial charge in [-0.2, -0.15) is 10.2 Å². The van der Waals surface area contributed by atoms with Gasteiger partial charge in [-0.3, -0.25) is 9.69 Å². The number of hydrogen-bond acceptors (Lipinski definition) is 8. The van der Waals surface area contributed by atoms with Crippen molar-refractivity contribution in [1.29, 1.82) is 5.26 Å². The quantitative estimate of drug-likeness (QED) is 0.507. The van der Waals surface area contributed by atoms with Crippen LogP contribution in [-0.2, 0) is 16.1 Å². The van der Waals surface area contributed by atoms with E-state index in [0.717, 1.165) is 17.3 Å². The van der Waals surface area contributed by atoms with Crippen LogP contribution in [0.3, 0.4) is 0 Å². The summed E-state index contributed by atoms with van der Waals surface area (Å²) in [5, 5.41) is 9.50. The molecule has 1 aromatic heterocycles. The van der Waals surface area contributed by atoms with Crippen LogP contribution in [0.5, 0.6) is 0 Å². The van der Waals surface area contributed by atoms with Gasteiger partial charge in [-0.05, 0) is 31.5 Å². The van der Waals surface area contributed by atoms with Gasteiger partial charge in [-0.25, -0.2) is 4.39 Å². The van der Waals surface area contributed by atoms with Gasteiger partial charge in [0.05, 0.1) is 23.7 Å². The molecule has 2 atom stereocenters. The first-order chi connectivity index (χ1) is 14.8. The fourth-order valence-corrected chi connectivity index (χ4v) is 4.76. The van der Waals surface area contributed by atoms with Gasteiger partial charge in [0.2, 0.25) is 17.5 Å². The van der Waals surface area contributed by atoms with E-state index in [0.29, 0.717) is 28.2 Å². The highest BCUT2D eigenvalue weighted by Gasteiger charge is 2.33. The van der Waals surface area contributed by atoms with E-state index in [1.165, 1.54) is 23.1 Å². The maximum Gasteiger partial charge on any atom is 0.266 e. The topological polar surface area (TPSA) is 82.6 Å². The number of benzene rings is 1. The van der Waals surface area contributed by atoms with E-state index in [2.05, 4.69) is 11.1 Å². The zero-order valence-corrected chi connectivity index (χ0v) is 18.5. The van der Waals surface area contributed by atoms with E-state index in [4.69, 9.17) is 21.4 Å². The van der Waals surface area contributed by atoms with Crippen LogP contribution >= 0.6 is 24.0 Å². The molecule has 31 heavy (non-hydrogen) atoms. The minimum absolute atomic E-state index is 0.00782. The van der Waals surface area contributed by atoms with E-state index in [9.17, 15) is 14.4 Å². The molecule has 7 nitrogen and oxygen atoms in total. The Balaban J connectivity index is 1.55. The summed E-state index contributed by atoms with van der Waals surface area (Å²) in [5.74, 6) is -0.0875.